The summed E-state index contributed by atoms with van der Waals surface area (Å²) in [5.74, 6) is 0.863. The Kier molecular flexibility index (Phi) is 6.06. The van der Waals surface area contributed by atoms with Crippen molar-refractivity contribution in [2.75, 3.05) is 19.4 Å². The molecule has 1 aliphatic heterocycles. The summed E-state index contributed by atoms with van der Waals surface area (Å²) in [6.45, 7) is 5.88. The molecule has 1 aromatic heterocycles. The maximum absolute atomic E-state index is 12.2. The molecule has 1 amide bonds. The fourth-order valence-corrected chi connectivity index (χ4v) is 3.22. The van der Waals surface area contributed by atoms with Gasteiger partial charge in [0.2, 0.25) is 0 Å². The lowest BCUT2D eigenvalue weighted by Crippen LogP contribution is -2.41. The van der Waals surface area contributed by atoms with Crippen LogP contribution in [0.15, 0.2) is 23.4 Å². The second-order valence-electron chi connectivity index (χ2n) is 5.78. The van der Waals surface area contributed by atoms with Crippen LogP contribution in [-0.4, -0.2) is 36.4 Å². The first-order chi connectivity index (χ1) is 10.1. The summed E-state index contributed by atoms with van der Waals surface area (Å²) in [5, 5.41) is 3.91. The zero-order valence-electron chi connectivity index (χ0n) is 13.0. The molecule has 116 valence electrons. The van der Waals surface area contributed by atoms with E-state index in [1.165, 1.54) is 11.8 Å². The highest BCUT2D eigenvalue weighted by Gasteiger charge is 2.28. The van der Waals surface area contributed by atoms with Gasteiger partial charge in [-0.2, -0.15) is 0 Å². The van der Waals surface area contributed by atoms with E-state index in [-0.39, 0.29) is 12.0 Å². The average molecular weight is 308 g/mol. The monoisotopic (exact) mass is 308 g/mol. The predicted molar refractivity (Wildman–Crippen MR) is 85.7 cm³/mol. The Labute approximate surface area is 131 Å². The lowest BCUT2D eigenvalue weighted by molar-refractivity contribution is -0.0510. The minimum Gasteiger partial charge on any atom is -0.378 e. The van der Waals surface area contributed by atoms with E-state index in [9.17, 15) is 4.79 Å². The van der Waals surface area contributed by atoms with Crippen molar-refractivity contribution in [3.05, 3.63) is 23.9 Å². The Balaban J connectivity index is 1.93. The van der Waals surface area contributed by atoms with Crippen molar-refractivity contribution in [1.82, 2.24) is 10.3 Å². The molecule has 2 rings (SSSR count). The summed E-state index contributed by atoms with van der Waals surface area (Å²) in [6, 6.07) is 3.59. The van der Waals surface area contributed by atoms with Crippen molar-refractivity contribution in [3.8, 4) is 0 Å². The number of aromatic nitrogens is 1. The first kappa shape index (κ1) is 16.3. The summed E-state index contributed by atoms with van der Waals surface area (Å²) < 4.78 is 5.86. The molecule has 2 heterocycles. The highest BCUT2D eigenvalue weighted by atomic mass is 32.2. The molecule has 21 heavy (non-hydrogen) atoms. The third kappa shape index (κ3) is 4.45. The molecular formula is C16H24N2O2S. The number of nitrogens with zero attached hydrogens (tertiary/aromatic N) is 1. The normalized spacial score (nSPS) is 22.3. The van der Waals surface area contributed by atoms with Crippen molar-refractivity contribution in [1.29, 1.82) is 0 Å². The fourth-order valence-electron chi connectivity index (χ4n) is 2.81. The van der Waals surface area contributed by atoms with E-state index in [1.807, 2.05) is 12.3 Å². The molecule has 0 spiro atoms. The Morgan fingerprint density at radius 1 is 1.57 bits per heavy atom. The standard InChI is InChI=1S/C16H24N2O2S/c1-11(2)15-13(5-4-8-20-15)10-18-16(19)12-6-7-17-14(9-12)21-3/h6-7,9,11,13,15H,4-5,8,10H2,1-3H3,(H,18,19)/t13-,15-/m0/s1. The molecule has 0 radical (unpaired) electrons. The smallest absolute Gasteiger partial charge is 0.251 e. The topological polar surface area (TPSA) is 51.2 Å². The van der Waals surface area contributed by atoms with Crippen LogP contribution in [0.2, 0.25) is 0 Å². The van der Waals surface area contributed by atoms with Gasteiger partial charge in [-0.3, -0.25) is 4.79 Å². The molecule has 0 aliphatic carbocycles. The van der Waals surface area contributed by atoms with Crippen LogP contribution in [0.3, 0.4) is 0 Å². The second-order valence-corrected chi connectivity index (χ2v) is 6.61. The van der Waals surface area contributed by atoms with Gasteiger partial charge < -0.3 is 10.1 Å². The van der Waals surface area contributed by atoms with Crippen molar-refractivity contribution in [2.24, 2.45) is 11.8 Å². The van der Waals surface area contributed by atoms with Gasteiger partial charge in [0.15, 0.2) is 0 Å². The molecule has 0 bridgehead atoms. The molecule has 2 atom stereocenters. The number of pyridine rings is 1. The van der Waals surface area contributed by atoms with Crippen molar-refractivity contribution >= 4 is 17.7 Å². The number of hydrogen-bond donors (Lipinski definition) is 1. The van der Waals surface area contributed by atoms with Crippen molar-refractivity contribution in [2.45, 2.75) is 37.8 Å². The Hall–Kier alpha value is -1.07. The van der Waals surface area contributed by atoms with Gasteiger partial charge in [-0.1, -0.05) is 13.8 Å². The summed E-state index contributed by atoms with van der Waals surface area (Å²) in [7, 11) is 0. The predicted octanol–water partition coefficient (Wildman–Crippen LogP) is 2.98. The van der Waals surface area contributed by atoms with Crippen molar-refractivity contribution < 1.29 is 9.53 Å². The number of carbonyl (C=O) groups excluding carboxylic acids is 1. The van der Waals surface area contributed by atoms with Crippen molar-refractivity contribution in [3.63, 3.8) is 0 Å². The zero-order chi connectivity index (χ0) is 15.2. The lowest BCUT2D eigenvalue weighted by atomic mass is 9.87. The first-order valence-electron chi connectivity index (χ1n) is 7.51. The maximum Gasteiger partial charge on any atom is 0.251 e. The summed E-state index contributed by atoms with van der Waals surface area (Å²) in [6.07, 6.45) is 6.08. The number of thioether (sulfide) groups is 1. The molecule has 1 aromatic rings. The van der Waals surface area contributed by atoms with E-state index in [2.05, 4.69) is 24.1 Å². The largest absolute Gasteiger partial charge is 0.378 e. The molecule has 5 heteroatoms. The van der Waals surface area contributed by atoms with Gasteiger partial charge in [0.1, 0.15) is 0 Å². The van der Waals surface area contributed by atoms with E-state index in [1.54, 1.807) is 12.3 Å². The van der Waals surface area contributed by atoms with Crippen LogP contribution in [0.1, 0.15) is 37.0 Å². The Morgan fingerprint density at radius 2 is 2.38 bits per heavy atom. The van der Waals surface area contributed by atoms with E-state index in [0.29, 0.717) is 23.9 Å². The molecule has 0 aromatic carbocycles. The zero-order valence-corrected chi connectivity index (χ0v) is 13.8. The molecule has 1 saturated heterocycles. The average Bonchev–Trinajstić information content (AvgIpc) is 2.52. The minimum atomic E-state index is -0.0271. The molecule has 1 aliphatic rings. The van der Waals surface area contributed by atoms with Crippen LogP contribution >= 0.6 is 11.8 Å². The molecule has 1 fully saturated rings. The SMILES string of the molecule is CSc1cc(C(=O)NC[C@@H]2CCCO[C@H]2C(C)C)ccn1. The quantitative estimate of drug-likeness (QED) is 0.850. The van der Waals surface area contributed by atoms with Crippen LogP contribution in [0, 0.1) is 11.8 Å². The highest BCUT2D eigenvalue weighted by Crippen LogP contribution is 2.25. The molecule has 0 unspecified atom stereocenters. The van der Waals surface area contributed by atoms with E-state index in [4.69, 9.17) is 4.74 Å². The van der Waals surface area contributed by atoms with Crippen LogP contribution in [0.4, 0.5) is 0 Å². The van der Waals surface area contributed by atoms with Gasteiger partial charge in [-0.25, -0.2) is 4.98 Å². The highest BCUT2D eigenvalue weighted by molar-refractivity contribution is 7.98. The molecule has 0 saturated carbocycles. The summed E-state index contributed by atoms with van der Waals surface area (Å²) in [5.41, 5.74) is 0.673. The Morgan fingerprint density at radius 3 is 3.10 bits per heavy atom. The number of rotatable bonds is 5. The lowest BCUT2D eigenvalue weighted by Gasteiger charge is -2.34. The van der Waals surface area contributed by atoms with E-state index < -0.39 is 0 Å². The van der Waals surface area contributed by atoms with Crippen LogP contribution in [-0.2, 0) is 4.74 Å². The third-order valence-corrected chi connectivity index (χ3v) is 4.52. The van der Waals surface area contributed by atoms with Crippen LogP contribution in [0.5, 0.6) is 0 Å². The minimum absolute atomic E-state index is 0.0271. The van der Waals surface area contributed by atoms with Gasteiger partial charge in [-0.05, 0) is 37.1 Å². The third-order valence-electron chi connectivity index (χ3n) is 3.88. The van der Waals surface area contributed by atoms with E-state index >= 15 is 0 Å². The molecular weight excluding hydrogens is 284 g/mol. The number of amides is 1. The summed E-state index contributed by atoms with van der Waals surface area (Å²) >= 11 is 1.54. The van der Waals surface area contributed by atoms with E-state index in [0.717, 1.165) is 24.5 Å². The maximum atomic E-state index is 12.2. The Bertz CT molecular complexity index is 479. The van der Waals surface area contributed by atoms with Gasteiger partial charge in [-0.15, -0.1) is 11.8 Å². The number of hydrogen-bond acceptors (Lipinski definition) is 4. The molecule has 1 N–H and O–H groups in total. The van der Waals surface area contributed by atoms with Crippen LogP contribution < -0.4 is 5.32 Å². The number of carbonyl (C=O) groups is 1. The fraction of sp³-hybridized carbons (Fsp3) is 0.625. The van der Waals surface area contributed by atoms with Gasteiger partial charge in [0.25, 0.3) is 5.91 Å². The second kappa shape index (κ2) is 7.80. The van der Waals surface area contributed by atoms with Gasteiger partial charge in [0, 0.05) is 30.8 Å². The number of ether oxygens (including phenoxy) is 1. The van der Waals surface area contributed by atoms with Gasteiger partial charge >= 0.3 is 0 Å². The van der Waals surface area contributed by atoms with Gasteiger partial charge in [0.05, 0.1) is 11.1 Å². The molecule has 4 nitrogen and oxygen atoms in total. The first-order valence-corrected chi connectivity index (χ1v) is 8.74. The van der Waals surface area contributed by atoms with Crippen LogP contribution in [0.25, 0.3) is 0 Å². The number of nitrogens with one attached hydrogen (secondary N) is 1. The summed E-state index contributed by atoms with van der Waals surface area (Å²) in [4.78, 5) is 16.4.